The lowest BCUT2D eigenvalue weighted by Crippen LogP contribution is -2.72. The number of ether oxygens (including phenoxy) is 5. The molecule has 8 fully saturated rings. The van der Waals surface area contributed by atoms with Gasteiger partial charge in [-0.1, -0.05) is 69.0 Å². The molecule has 84 heavy (non-hydrogen) atoms. The number of aromatic nitrogens is 3. The van der Waals surface area contributed by atoms with Crippen molar-refractivity contribution in [2.24, 2.45) is 23.2 Å². The Balaban J connectivity index is 0.940. The van der Waals surface area contributed by atoms with Crippen LogP contribution in [0.15, 0.2) is 66.2 Å². The van der Waals surface area contributed by atoms with E-state index in [4.69, 9.17) is 33.7 Å². The van der Waals surface area contributed by atoms with Crippen molar-refractivity contribution in [1.29, 1.82) is 0 Å². The number of piperazine rings is 1. The summed E-state index contributed by atoms with van der Waals surface area (Å²) >= 11 is 1.47. The van der Waals surface area contributed by atoms with E-state index in [2.05, 4.69) is 111 Å². The maximum absolute atomic E-state index is 15.7. The number of carbonyl (C=O) groups excluding carboxylic acids is 3. The van der Waals surface area contributed by atoms with Crippen LogP contribution in [0.2, 0.25) is 0 Å². The van der Waals surface area contributed by atoms with Crippen molar-refractivity contribution in [3.63, 3.8) is 0 Å². The van der Waals surface area contributed by atoms with Crippen LogP contribution in [0.5, 0.6) is 0 Å². The third-order valence-corrected chi connectivity index (χ3v) is 20.2. The van der Waals surface area contributed by atoms with E-state index in [0.29, 0.717) is 82.7 Å². The first-order valence-corrected chi connectivity index (χ1v) is 31.8. The van der Waals surface area contributed by atoms with E-state index >= 15 is 4.79 Å². The minimum Gasteiger partial charge on any atom is -0.464 e. The van der Waals surface area contributed by atoms with Gasteiger partial charge < -0.3 is 33.6 Å². The second kappa shape index (κ2) is 24.1. The van der Waals surface area contributed by atoms with Gasteiger partial charge in [-0.15, -0.1) is 11.3 Å². The highest BCUT2D eigenvalue weighted by Crippen LogP contribution is 2.54. The van der Waals surface area contributed by atoms with Crippen LogP contribution in [0.25, 0.3) is 33.4 Å². The van der Waals surface area contributed by atoms with Crippen molar-refractivity contribution in [3.8, 4) is 34.4 Å². The molecule has 7 atom stereocenters. The van der Waals surface area contributed by atoms with E-state index in [9.17, 15) is 9.59 Å². The maximum Gasteiger partial charge on any atom is 0.325 e. The number of hydrogen-bond acceptors (Lipinski definition) is 14. The fraction of sp³-hybridized carbons (Fsp3) is 0.576. The zero-order chi connectivity index (χ0) is 57.8. The summed E-state index contributed by atoms with van der Waals surface area (Å²) in [5.41, 5.74) is 11.8. The zero-order valence-electron chi connectivity index (χ0n) is 49.6. The Morgan fingerprint density at radius 1 is 0.964 bits per heavy atom. The summed E-state index contributed by atoms with van der Waals surface area (Å²) < 4.78 is 35.5. The first kappa shape index (κ1) is 57.2. The summed E-state index contributed by atoms with van der Waals surface area (Å²) in [5, 5.41) is 8.72. The molecule has 2 aromatic carbocycles. The van der Waals surface area contributed by atoms with Gasteiger partial charge in [0, 0.05) is 116 Å². The second-order valence-corrected chi connectivity index (χ2v) is 26.5. The number of benzene rings is 2. The molecule has 14 rings (SSSR count). The number of hydrazine groups is 1. The smallest absolute Gasteiger partial charge is 0.325 e. The van der Waals surface area contributed by atoms with Crippen LogP contribution < -0.4 is 10.7 Å². The number of rotatable bonds is 12. The molecule has 5 saturated heterocycles. The summed E-state index contributed by atoms with van der Waals surface area (Å²) in [5.74, 6) is 6.09. The predicted molar refractivity (Wildman–Crippen MR) is 321 cm³/mol. The van der Waals surface area contributed by atoms with Crippen LogP contribution in [-0.4, -0.2) is 180 Å². The van der Waals surface area contributed by atoms with Gasteiger partial charge in [-0.3, -0.25) is 34.2 Å². The van der Waals surface area contributed by atoms with Crippen molar-refractivity contribution in [2.45, 2.75) is 134 Å². The minimum atomic E-state index is -1.12. The first-order chi connectivity index (χ1) is 40.8. The fourth-order valence-electron chi connectivity index (χ4n) is 14.1. The Hall–Kier alpha value is -5.88. The molecule has 3 aliphatic carbocycles. The van der Waals surface area contributed by atoms with E-state index in [1.807, 2.05) is 31.3 Å². The largest absolute Gasteiger partial charge is 0.464 e. The Morgan fingerprint density at radius 3 is 2.48 bits per heavy atom. The lowest BCUT2D eigenvalue weighted by Gasteiger charge is -2.53. The summed E-state index contributed by atoms with van der Waals surface area (Å²) in [6.07, 6.45) is 7.79. The van der Waals surface area contributed by atoms with Crippen molar-refractivity contribution in [1.82, 2.24) is 40.1 Å². The summed E-state index contributed by atoms with van der Waals surface area (Å²) in [6, 6.07) is 17.8. The van der Waals surface area contributed by atoms with Gasteiger partial charge in [0.25, 0.3) is 5.91 Å². The lowest BCUT2D eigenvalue weighted by atomic mass is 9.73. The number of thiazole rings is 1. The van der Waals surface area contributed by atoms with E-state index in [1.54, 1.807) is 12.1 Å². The molecule has 8 bridgehead atoms. The van der Waals surface area contributed by atoms with Gasteiger partial charge in [0.1, 0.15) is 19.3 Å². The van der Waals surface area contributed by atoms with Crippen molar-refractivity contribution >= 4 is 45.7 Å². The van der Waals surface area contributed by atoms with Crippen molar-refractivity contribution in [3.05, 3.63) is 93.6 Å². The molecule has 3 saturated carbocycles. The van der Waals surface area contributed by atoms with Gasteiger partial charge in [-0.05, 0) is 106 Å². The highest BCUT2D eigenvalue weighted by atomic mass is 32.1. The van der Waals surface area contributed by atoms with Gasteiger partial charge in [-0.25, -0.2) is 15.0 Å². The summed E-state index contributed by atoms with van der Waals surface area (Å²) in [4.78, 5) is 61.1. The van der Waals surface area contributed by atoms with E-state index < -0.39 is 23.5 Å². The number of pyridine rings is 1. The van der Waals surface area contributed by atoms with Crippen LogP contribution in [0, 0.1) is 35.0 Å². The molecule has 2 amide bonds. The first-order valence-electron chi connectivity index (χ1n) is 30.9. The summed E-state index contributed by atoms with van der Waals surface area (Å²) in [6.45, 7) is 19.3. The van der Waals surface area contributed by atoms with Crippen molar-refractivity contribution in [2.75, 3.05) is 86.0 Å². The van der Waals surface area contributed by atoms with E-state index in [0.717, 1.165) is 101 Å². The molecule has 5 aromatic rings. The minimum absolute atomic E-state index is 0.00703. The molecule has 9 heterocycles. The van der Waals surface area contributed by atoms with Crippen LogP contribution in [0.1, 0.15) is 113 Å². The molecule has 18 heteroatoms. The topological polar surface area (TPSA) is 165 Å². The van der Waals surface area contributed by atoms with Gasteiger partial charge in [0.2, 0.25) is 11.6 Å². The third kappa shape index (κ3) is 11.6. The van der Waals surface area contributed by atoms with Crippen LogP contribution in [0.4, 0.5) is 0 Å². The monoisotopic (exact) mass is 1160 g/mol. The van der Waals surface area contributed by atoms with Crippen LogP contribution in [-0.2, 0) is 51.0 Å². The number of hydrogen-bond donors (Lipinski definition) is 2. The molecule has 0 radical (unpaired) electrons. The zero-order valence-corrected chi connectivity index (χ0v) is 50.5. The number of methoxy groups -OCH3 is 1. The average Bonchev–Trinajstić information content (AvgIpc) is 2.02. The third-order valence-electron chi connectivity index (χ3n) is 19.4. The number of nitrogens with one attached hydrogen (secondary N) is 2. The highest BCUT2D eigenvalue weighted by Gasteiger charge is 2.56. The quantitative estimate of drug-likeness (QED) is 0.0731. The average molecular weight is 1160 g/mol. The number of cyclic esters (lactones) is 1. The number of nitrogens with zero attached hydrogens (tertiary/aromatic N) is 7. The van der Waals surface area contributed by atoms with E-state index in [-0.39, 0.29) is 66.4 Å². The Bertz CT molecular complexity index is 3350. The molecule has 9 aliphatic rings. The van der Waals surface area contributed by atoms with E-state index in [1.165, 1.54) is 24.2 Å². The standard InChI is InChI=1S/C66H81N9O8S/c1-40(71-20-22-72(23-21-71)47-15-16-47)12-13-43-32-51(57(67-37-43)42(3)79-6)60-52-36-66(4,5)39-83-65(78)58-46-33-48(34-46)75(70-58)64(77)59(69-62(76)56-41(2)55(56)44-10-8-7-9-11-44)61(73-24-29-81-30-25-73)63-68-53(38-84-63)45-14-17-54(50(52)35-45)74(60)26-31-82-49-18-27-80-28-19-49/h7-11,14,17,32,35,37-38,40-42,46-49,55-56,58-59,70H,15-16,18-31,33-34,36,39H2,1-6H3/p+1/t40-,41+,42+,46?,48?,55+,56-,58+,59+/m1/s1. The van der Waals surface area contributed by atoms with Gasteiger partial charge in [0.15, 0.2) is 24.1 Å². The molecule has 0 spiro atoms. The number of fused-ring (bicyclic) bond motifs is 4. The molecule has 17 nitrogen and oxygen atoms in total. The lowest BCUT2D eigenvalue weighted by molar-refractivity contribution is -0.550. The number of morpholine rings is 1. The molecule has 444 valence electrons. The van der Waals surface area contributed by atoms with Crippen LogP contribution in [0.3, 0.4) is 0 Å². The number of carbonyl (C=O) groups is 3. The second-order valence-electron chi connectivity index (χ2n) is 25.6. The molecule has 3 aromatic heterocycles. The molecular weight excluding hydrogens is 1080 g/mol. The Labute approximate surface area is 497 Å². The van der Waals surface area contributed by atoms with Gasteiger partial charge in [0.05, 0.1) is 48.5 Å². The Kier molecular flexibility index (Phi) is 16.4. The van der Waals surface area contributed by atoms with Gasteiger partial charge in [-0.2, -0.15) is 0 Å². The highest BCUT2D eigenvalue weighted by molar-refractivity contribution is 7.12. The normalized spacial score (nSPS) is 27.5. The SMILES string of the molecule is CO[C@@H](C)c1ncc(C#C[C@@H](C)N2CCN(C3CC3)CC2)cc1-c1c2c3cc(ccc3n1CCOC1CCOCC1)-c1csc(n1)C(=[N+]1CCOCC1)[C@H](NC(=O)[C@@H]1[C@@H](C)[C@H]1c1ccccc1)C(=O)N1N[C@H](C(=O)OCC(C)(C)C2)C2CC1C2. The molecule has 2 N–H and O–H groups in total. The van der Waals surface area contributed by atoms with Crippen LogP contribution >= 0.6 is 11.3 Å². The molecular formula is C66H82N9O8S+. The number of esters is 1. The molecule has 6 aliphatic heterocycles. The predicted octanol–water partition coefficient (Wildman–Crippen LogP) is 7.24. The van der Waals surface area contributed by atoms with Crippen molar-refractivity contribution < 1.29 is 42.6 Å². The number of amides is 2. The fourth-order valence-corrected chi connectivity index (χ4v) is 15.1. The molecule has 0 unspecified atom stereocenters. The maximum atomic E-state index is 15.7. The Morgan fingerprint density at radius 2 is 1.73 bits per heavy atom. The summed E-state index contributed by atoms with van der Waals surface area (Å²) in [7, 11) is 1.73. The van der Waals surface area contributed by atoms with Gasteiger partial charge >= 0.3 is 5.97 Å².